The van der Waals surface area contributed by atoms with E-state index in [-0.39, 0.29) is 24.4 Å². The number of imide groups is 1. The Hall–Kier alpha value is -1.89. The summed E-state index contributed by atoms with van der Waals surface area (Å²) in [5.41, 5.74) is -0.0701. The molecule has 1 aliphatic heterocycles. The van der Waals surface area contributed by atoms with Crippen LogP contribution in [0.25, 0.3) is 0 Å². The maximum Gasteiger partial charge on any atom is 0.325 e. The molecule has 2 atom stereocenters. The van der Waals surface area contributed by atoms with Crippen molar-refractivity contribution in [2.24, 2.45) is 0 Å². The van der Waals surface area contributed by atoms with Gasteiger partial charge in [0.25, 0.3) is 5.91 Å². The summed E-state index contributed by atoms with van der Waals surface area (Å²) in [7, 11) is 0. The van der Waals surface area contributed by atoms with Gasteiger partial charge in [0.15, 0.2) is 0 Å². The summed E-state index contributed by atoms with van der Waals surface area (Å²) in [6.45, 7) is 3.75. The lowest BCUT2D eigenvalue weighted by Crippen LogP contribution is -2.47. The standard InChI is InChI=1S/C17H23N3O3S/c1-3-5-11(2)18-14(21)10-20-15(22)17(19-16(20)23)8-4-6-13-12(17)7-9-24-13/h7,9,11H,3-6,8,10H2,1-2H3,(H,18,21)(H,19,23)/t11-,17+/m0/s1. The summed E-state index contributed by atoms with van der Waals surface area (Å²) >= 11 is 1.62. The molecule has 0 unspecified atom stereocenters. The van der Waals surface area contributed by atoms with E-state index >= 15 is 0 Å². The van der Waals surface area contributed by atoms with Crippen LogP contribution < -0.4 is 10.6 Å². The van der Waals surface area contributed by atoms with Crippen LogP contribution in [0, 0.1) is 0 Å². The van der Waals surface area contributed by atoms with Crippen LogP contribution >= 0.6 is 11.3 Å². The largest absolute Gasteiger partial charge is 0.352 e. The number of carbonyl (C=O) groups excluding carboxylic acids is 3. The van der Waals surface area contributed by atoms with E-state index in [2.05, 4.69) is 10.6 Å². The highest BCUT2D eigenvalue weighted by Gasteiger charge is 2.54. The van der Waals surface area contributed by atoms with Crippen LogP contribution in [0.2, 0.25) is 0 Å². The van der Waals surface area contributed by atoms with Crippen molar-refractivity contribution in [1.29, 1.82) is 0 Å². The minimum Gasteiger partial charge on any atom is -0.352 e. The number of amides is 4. The first kappa shape index (κ1) is 17.0. The van der Waals surface area contributed by atoms with Gasteiger partial charge in [-0.25, -0.2) is 4.79 Å². The molecule has 4 amide bonds. The maximum absolute atomic E-state index is 13.0. The van der Waals surface area contributed by atoms with Gasteiger partial charge in [0.1, 0.15) is 12.1 Å². The number of thiophene rings is 1. The van der Waals surface area contributed by atoms with Crippen molar-refractivity contribution in [3.05, 3.63) is 21.9 Å². The lowest BCUT2D eigenvalue weighted by atomic mass is 9.80. The fraction of sp³-hybridized carbons (Fsp3) is 0.588. The second-order valence-corrected chi connectivity index (χ2v) is 7.60. The lowest BCUT2D eigenvalue weighted by Gasteiger charge is -2.31. The molecule has 1 aromatic rings. The van der Waals surface area contributed by atoms with E-state index in [0.717, 1.165) is 41.0 Å². The lowest BCUT2D eigenvalue weighted by molar-refractivity contribution is -0.135. The molecular formula is C17H23N3O3S. The van der Waals surface area contributed by atoms with E-state index in [9.17, 15) is 14.4 Å². The second-order valence-electron chi connectivity index (χ2n) is 6.60. The molecular weight excluding hydrogens is 326 g/mol. The Balaban J connectivity index is 1.75. The van der Waals surface area contributed by atoms with Gasteiger partial charge in [0.05, 0.1) is 0 Å². The fourth-order valence-corrected chi connectivity index (χ4v) is 4.65. The van der Waals surface area contributed by atoms with Gasteiger partial charge in [-0.15, -0.1) is 11.3 Å². The molecule has 1 aliphatic carbocycles. The van der Waals surface area contributed by atoms with Crippen molar-refractivity contribution >= 4 is 29.2 Å². The molecule has 1 saturated heterocycles. The van der Waals surface area contributed by atoms with Crippen molar-refractivity contribution in [3.63, 3.8) is 0 Å². The van der Waals surface area contributed by atoms with E-state index in [1.165, 1.54) is 0 Å². The molecule has 24 heavy (non-hydrogen) atoms. The van der Waals surface area contributed by atoms with Crippen molar-refractivity contribution < 1.29 is 14.4 Å². The zero-order valence-electron chi connectivity index (χ0n) is 14.1. The van der Waals surface area contributed by atoms with Gasteiger partial charge in [0, 0.05) is 16.5 Å². The second kappa shape index (κ2) is 6.55. The third-order valence-electron chi connectivity index (χ3n) is 4.77. The molecule has 0 saturated carbocycles. The molecule has 2 N–H and O–H groups in total. The Morgan fingerprint density at radius 3 is 3.04 bits per heavy atom. The van der Waals surface area contributed by atoms with E-state index in [4.69, 9.17) is 0 Å². The Bertz CT molecular complexity index is 672. The first-order valence-electron chi connectivity index (χ1n) is 8.48. The van der Waals surface area contributed by atoms with Crippen LogP contribution in [0.5, 0.6) is 0 Å². The SMILES string of the molecule is CCC[C@H](C)NC(=O)CN1C(=O)N[C@@]2(CCCc3sccc32)C1=O. The molecule has 3 rings (SSSR count). The summed E-state index contributed by atoms with van der Waals surface area (Å²) in [4.78, 5) is 39.7. The number of carbonyl (C=O) groups is 3. The van der Waals surface area contributed by atoms with E-state index < -0.39 is 11.6 Å². The molecule has 2 aliphatic rings. The minimum atomic E-state index is -0.972. The average Bonchev–Trinajstić information content (AvgIpc) is 3.09. The summed E-state index contributed by atoms with van der Waals surface area (Å²) < 4.78 is 0. The van der Waals surface area contributed by atoms with Crippen molar-refractivity contribution in [1.82, 2.24) is 15.5 Å². The molecule has 1 aromatic heterocycles. The average molecular weight is 349 g/mol. The Morgan fingerprint density at radius 1 is 1.50 bits per heavy atom. The fourth-order valence-electron chi connectivity index (χ4n) is 3.65. The van der Waals surface area contributed by atoms with Gasteiger partial charge in [-0.05, 0) is 44.1 Å². The van der Waals surface area contributed by atoms with Crippen LogP contribution in [-0.2, 0) is 21.5 Å². The molecule has 1 fully saturated rings. The predicted octanol–water partition coefficient (Wildman–Crippen LogP) is 2.14. The van der Waals surface area contributed by atoms with Crippen LogP contribution in [0.1, 0.15) is 50.0 Å². The molecule has 6 nitrogen and oxygen atoms in total. The number of nitrogens with zero attached hydrogens (tertiary/aromatic N) is 1. The number of fused-ring (bicyclic) bond motifs is 2. The van der Waals surface area contributed by atoms with E-state index in [1.54, 1.807) is 11.3 Å². The monoisotopic (exact) mass is 349 g/mol. The number of aryl methyl sites for hydroxylation is 1. The highest BCUT2D eigenvalue weighted by molar-refractivity contribution is 7.10. The van der Waals surface area contributed by atoms with Crippen molar-refractivity contribution in [2.75, 3.05) is 6.54 Å². The van der Waals surface area contributed by atoms with E-state index in [0.29, 0.717) is 6.42 Å². The summed E-state index contributed by atoms with van der Waals surface area (Å²) in [6.07, 6.45) is 4.22. The third-order valence-corrected chi connectivity index (χ3v) is 5.75. The van der Waals surface area contributed by atoms with Gasteiger partial charge in [-0.2, -0.15) is 0 Å². The van der Waals surface area contributed by atoms with Gasteiger partial charge in [-0.3, -0.25) is 14.5 Å². The molecule has 0 radical (unpaired) electrons. The molecule has 130 valence electrons. The molecule has 7 heteroatoms. The first-order valence-corrected chi connectivity index (χ1v) is 9.36. The smallest absolute Gasteiger partial charge is 0.325 e. The van der Waals surface area contributed by atoms with Gasteiger partial charge in [0.2, 0.25) is 5.91 Å². The minimum absolute atomic E-state index is 0.0374. The van der Waals surface area contributed by atoms with Crippen LogP contribution in [0.4, 0.5) is 4.79 Å². The summed E-state index contributed by atoms with van der Waals surface area (Å²) in [5.74, 6) is -0.594. The third kappa shape index (κ3) is 2.81. The molecule has 2 heterocycles. The Kier molecular flexibility index (Phi) is 4.62. The highest BCUT2D eigenvalue weighted by atomic mass is 32.1. The first-order chi connectivity index (χ1) is 11.5. The zero-order chi connectivity index (χ0) is 17.3. The van der Waals surface area contributed by atoms with Gasteiger partial charge >= 0.3 is 6.03 Å². The van der Waals surface area contributed by atoms with E-state index in [1.807, 2.05) is 25.3 Å². The van der Waals surface area contributed by atoms with Crippen LogP contribution in [0.15, 0.2) is 11.4 Å². The molecule has 1 spiro atoms. The molecule has 0 aromatic carbocycles. The normalized spacial score (nSPS) is 24.0. The number of nitrogens with one attached hydrogen (secondary N) is 2. The number of hydrogen-bond donors (Lipinski definition) is 2. The van der Waals surface area contributed by atoms with Crippen LogP contribution in [-0.4, -0.2) is 35.3 Å². The molecule has 0 bridgehead atoms. The Morgan fingerprint density at radius 2 is 2.29 bits per heavy atom. The van der Waals surface area contributed by atoms with Crippen LogP contribution in [0.3, 0.4) is 0 Å². The predicted molar refractivity (Wildman–Crippen MR) is 91.7 cm³/mol. The topological polar surface area (TPSA) is 78.5 Å². The quantitative estimate of drug-likeness (QED) is 0.800. The zero-order valence-corrected chi connectivity index (χ0v) is 14.9. The Labute approximate surface area is 145 Å². The number of urea groups is 1. The van der Waals surface area contributed by atoms with Crippen molar-refractivity contribution in [2.45, 2.75) is 57.5 Å². The van der Waals surface area contributed by atoms with Gasteiger partial charge in [-0.1, -0.05) is 13.3 Å². The number of rotatable bonds is 5. The summed E-state index contributed by atoms with van der Waals surface area (Å²) in [6, 6.07) is 1.48. The highest BCUT2D eigenvalue weighted by Crippen LogP contribution is 2.41. The van der Waals surface area contributed by atoms with Gasteiger partial charge < -0.3 is 10.6 Å². The maximum atomic E-state index is 13.0. The number of hydrogen-bond acceptors (Lipinski definition) is 4. The summed E-state index contributed by atoms with van der Waals surface area (Å²) in [5, 5.41) is 7.66. The van der Waals surface area contributed by atoms with Crippen molar-refractivity contribution in [3.8, 4) is 0 Å².